The first-order valence-electron chi connectivity index (χ1n) is 14.1. The Morgan fingerprint density at radius 3 is 1.36 bits per heavy atom. The van der Waals surface area contributed by atoms with Crippen molar-refractivity contribution in [3.05, 3.63) is 133 Å². The molecule has 7 aromatic rings. The monoisotopic (exact) mass is 862 g/mol. The zero-order valence-corrected chi connectivity index (χ0v) is 29.5. The van der Waals surface area contributed by atoms with E-state index in [2.05, 4.69) is 55.3 Å². The van der Waals surface area contributed by atoms with Gasteiger partial charge in [0.15, 0.2) is 0 Å². The fourth-order valence-corrected chi connectivity index (χ4v) is 4.81. The Balaban J connectivity index is 0.000000210. The SMILES string of the molecule is [O-]c1cc2ccccc2cc1/C=N/NC(=S)N/N=C/c1cc2ccccc2cc1[O-].[O]=[U+2]=[O].c1cnc2c(c1)ccc1cccnc12. The first-order chi connectivity index (χ1) is 23.0. The normalized spacial score (nSPS) is 10.7. The molecule has 0 aliphatic heterocycles. The standard InChI is InChI=1S/C23H18N4O2S.C12H8N2.2O.U/c28-21-11-17-7-3-1-5-15(17)9-19(21)13-24-26-23(30)27-25-14-20-10-16-6-2-4-8-18(16)12-22(20)29;1-3-9-5-6-10-4-2-8-14-12(10)11(9)13-7-1;;;/h1-14,28-29H,(H2,26,27,30);1-8H;;;/q;;;;+2/p-2/b24-13+,25-14+;;;;. The Labute approximate surface area is 289 Å². The summed E-state index contributed by atoms with van der Waals surface area (Å²) in [5.41, 5.74) is 8.03. The molecule has 0 saturated carbocycles. The third-order valence-corrected chi connectivity index (χ3v) is 7.02. The molecule has 2 heterocycles. The molecule has 12 heteroatoms. The van der Waals surface area contributed by atoms with Gasteiger partial charge in [-0.15, -0.1) is 0 Å². The van der Waals surface area contributed by atoms with E-state index < -0.39 is 27.8 Å². The van der Waals surface area contributed by atoms with Gasteiger partial charge < -0.3 is 10.2 Å². The van der Waals surface area contributed by atoms with Gasteiger partial charge in [0.2, 0.25) is 5.11 Å². The number of pyridine rings is 2. The van der Waals surface area contributed by atoms with Crippen LogP contribution in [0.3, 0.4) is 0 Å². The van der Waals surface area contributed by atoms with Crippen LogP contribution in [0.25, 0.3) is 43.4 Å². The van der Waals surface area contributed by atoms with Gasteiger partial charge in [-0.3, -0.25) is 20.8 Å². The number of nitrogens with one attached hydrogen (secondary N) is 2. The number of aromatic nitrogens is 2. The summed E-state index contributed by atoms with van der Waals surface area (Å²) >= 11 is 2.59. The molecule has 7 rings (SSSR count). The summed E-state index contributed by atoms with van der Waals surface area (Å²) in [4.78, 5) is 8.69. The minimum atomic E-state index is -2.51. The number of hydrogen-bond acceptors (Lipinski definition) is 9. The summed E-state index contributed by atoms with van der Waals surface area (Å²) in [6, 6.07) is 34.0. The molecule has 0 spiro atoms. The Bertz CT molecular complexity index is 2150. The topological polar surface area (TPSA) is 155 Å². The number of hydrazone groups is 2. The van der Waals surface area contributed by atoms with Crippen LogP contribution in [0.4, 0.5) is 0 Å². The van der Waals surface area contributed by atoms with Crippen molar-refractivity contribution in [2.75, 3.05) is 0 Å². The maximum atomic E-state index is 12.1. The number of fused-ring (bicyclic) bond motifs is 5. The van der Waals surface area contributed by atoms with Crippen LogP contribution in [0.1, 0.15) is 11.1 Å². The molecule has 2 N–H and O–H groups in total. The molecule has 47 heavy (non-hydrogen) atoms. The maximum Gasteiger partial charge on any atom is 0.0964 e. The van der Waals surface area contributed by atoms with Crippen LogP contribution >= 0.6 is 12.2 Å². The van der Waals surface area contributed by atoms with E-state index in [1.54, 1.807) is 36.7 Å². The van der Waals surface area contributed by atoms with Crippen LogP contribution in [-0.4, -0.2) is 27.5 Å². The van der Waals surface area contributed by atoms with Gasteiger partial charge in [0.1, 0.15) is 0 Å². The largest absolute Gasteiger partial charge is 0.254 e. The molecule has 2 aromatic heterocycles. The molecule has 0 fully saturated rings. The second-order valence-electron chi connectivity index (χ2n) is 9.84. The van der Waals surface area contributed by atoms with E-state index in [1.807, 2.05) is 60.7 Å². The van der Waals surface area contributed by atoms with Gasteiger partial charge in [0, 0.05) is 23.2 Å². The van der Waals surface area contributed by atoms with E-state index in [9.17, 15) is 10.2 Å². The number of benzene rings is 5. The van der Waals surface area contributed by atoms with Crippen molar-refractivity contribution in [1.82, 2.24) is 20.8 Å². The minimum Gasteiger partial charge on any atom is -0.254 e. The van der Waals surface area contributed by atoms with Crippen LogP contribution in [0.5, 0.6) is 11.5 Å². The Hall–Kier alpha value is -5.28. The van der Waals surface area contributed by atoms with E-state index in [-0.39, 0.29) is 16.6 Å². The average Bonchev–Trinajstić information content (AvgIpc) is 3.09. The van der Waals surface area contributed by atoms with Crippen molar-refractivity contribution in [2.45, 2.75) is 0 Å². The van der Waals surface area contributed by atoms with Gasteiger partial charge in [0.05, 0.1) is 23.5 Å². The van der Waals surface area contributed by atoms with Gasteiger partial charge in [-0.1, -0.05) is 96.4 Å². The summed E-state index contributed by atoms with van der Waals surface area (Å²) in [5, 5.41) is 38.3. The Morgan fingerprint density at radius 2 is 0.957 bits per heavy atom. The maximum absolute atomic E-state index is 12.1. The van der Waals surface area contributed by atoms with Crippen LogP contribution in [-0.2, 0) is 4.47 Å². The van der Waals surface area contributed by atoms with Crippen LogP contribution in [0.15, 0.2) is 132 Å². The molecule has 0 radical (unpaired) electrons. The van der Waals surface area contributed by atoms with Crippen molar-refractivity contribution in [3.8, 4) is 11.5 Å². The summed E-state index contributed by atoms with van der Waals surface area (Å²) in [6.45, 7) is 0. The smallest absolute Gasteiger partial charge is 0.0964 e. The zero-order chi connectivity index (χ0) is 33.0. The summed E-state index contributed by atoms with van der Waals surface area (Å²) in [7, 11) is 0. The second kappa shape index (κ2) is 16.3. The minimum absolute atomic E-state index is 0.129. The van der Waals surface area contributed by atoms with Crippen molar-refractivity contribution in [2.24, 2.45) is 10.2 Å². The summed E-state index contributed by atoms with van der Waals surface area (Å²) in [5.74, 6) is -0.258. The zero-order valence-electron chi connectivity index (χ0n) is 24.5. The third kappa shape index (κ3) is 8.71. The molecule has 0 unspecified atom stereocenters. The van der Waals surface area contributed by atoms with Gasteiger partial charge >= 0.3 is 32.3 Å². The van der Waals surface area contributed by atoms with Crippen LogP contribution in [0.2, 0.25) is 0 Å². The molecular formula is C35H24N6O4SU. The average molecular weight is 863 g/mol. The van der Waals surface area contributed by atoms with Gasteiger partial charge in [-0.2, -0.15) is 10.2 Å². The number of nitrogens with zero attached hydrogens (tertiary/aromatic N) is 4. The van der Waals surface area contributed by atoms with E-state index in [4.69, 9.17) is 16.7 Å². The van der Waals surface area contributed by atoms with Crippen molar-refractivity contribution in [3.63, 3.8) is 0 Å². The quantitative estimate of drug-likeness (QED) is 0.101. The van der Waals surface area contributed by atoms with Crippen molar-refractivity contribution in [1.29, 1.82) is 0 Å². The fraction of sp³-hybridized carbons (Fsp3) is 0. The van der Waals surface area contributed by atoms with E-state index >= 15 is 0 Å². The van der Waals surface area contributed by atoms with Gasteiger partial charge in [0.25, 0.3) is 0 Å². The second-order valence-corrected chi connectivity index (χ2v) is 10.9. The number of hydrogen-bond donors (Lipinski definition) is 2. The van der Waals surface area contributed by atoms with Crippen LogP contribution < -0.4 is 21.1 Å². The summed E-state index contributed by atoms with van der Waals surface area (Å²) < 4.78 is 17.2. The molecule has 0 saturated heterocycles. The molecule has 0 aliphatic carbocycles. The predicted molar refractivity (Wildman–Crippen MR) is 179 cm³/mol. The van der Waals surface area contributed by atoms with E-state index in [0.717, 1.165) is 43.4 Å². The fourth-order valence-electron chi connectivity index (χ4n) is 4.70. The molecule has 228 valence electrons. The molecule has 0 aliphatic rings. The van der Waals surface area contributed by atoms with Gasteiger partial charge in [-0.25, -0.2) is 0 Å². The van der Waals surface area contributed by atoms with Crippen molar-refractivity contribution >= 4 is 73.1 Å². The predicted octanol–water partition coefficient (Wildman–Crippen LogP) is 5.52. The summed E-state index contributed by atoms with van der Waals surface area (Å²) in [6.07, 6.45) is 6.42. The molecule has 0 bridgehead atoms. The number of rotatable bonds is 4. The molecule has 0 atom stereocenters. The molecule has 10 nitrogen and oxygen atoms in total. The first-order valence-corrected chi connectivity index (χ1v) is 17.9. The van der Waals surface area contributed by atoms with E-state index in [0.29, 0.717) is 11.1 Å². The Morgan fingerprint density at radius 1 is 0.596 bits per heavy atom. The molecular weight excluding hydrogens is 839 g/mol. The van der Waals surface area contributed by atoms with Gasteiger partial charge in [-0.05, 0) is 69.2 Å². The number of thiocarbonyl (C=S) groups is 1. The van der Waals surface area contributed by atoms with E-state index in [1.165, 1.54) is 12.4 Å². The van der Waals surface area contributed by atoms with Crippen LogP contribution in [0, 0.1) is 27.8 Å². The molecule has 0 amide bonds. The molecule has 5 aromatic carbocycles. The Kier molecular flexibility index (Phi) is 11.5. The third-order valence-electron chi connectivity index (χ3n) is 6.84. The first kappa shape index (κ1) is 33.1. The van der Waals surface area contributed by atoms with Crippen molar-refractivity contribution < 1.29 is 42.5 Å².